The molecule has 2 aliphatic rings. The van der Waals surface area contributed by atoms with Crippen LogP contribution in [0.25, 0.3) is 11.3 Å². The number of hydrogen-bond donors (Lipinski definition) is 0. The minimum atomic E-state index is -0.529. The van der Waals surface area contributed by atoms with Gasteiger partial charge >= 0.3 is 5.97 Å². The van der Waals surface area contributed by atoms with Crippen LogP contribution in [0.3, 0.4) is 0 Å². The second-order valence-electron chi connectivity index (χ2n) is 6.99. The van der Waals surface area contributed by atoms with E-state index in [4.69, 9.17) is 9.47 Å². The fraction of sp³-hybridized carbons (Fsp3) is 0.500. The molecule has 0 amide bonds. The number of likely N-dealkylation sites (tertiary alicyclic amines) is 1. The quantitative estimate of drug-likeness (QED) is 0.754. The van der Waals surface area contributed by atoms with Crippen LogP contribution in [-0.4, -0.2) is 53.0 Å². The summed E-state index contributed by atoms with van der Waals surface area (Å²) in [6.07, 6.45) is 3.24. The second-order valence-corrected chi connectivity index (χ2v) is 6.99. The van der Waals surface area contributed by atoms with Crippen molar-refractivity contribution in [2.45, 2.75) is 38.8 Å². The van der Waals surface area contributed by atoms with Gasteiger partial charge in [-0.05, 0) is 45.0 Å². The Morgan fingerprint density at radius 1 is 1.30 bits per heavy atom. The van der Waals surface area contributed by atoms with Gasteiger partial charge in [-0.1, -0.05) is 12.1 Å². The number of hydrogen-bond acceptors (Lipinski definition) is 5. The summed E-state index contributed by atoms with van der Waals surface area (Å²) in [7, 11) is 0. The first-order valence-corrected chi connectivity index (χ1v) is 9.59. The third-order valence-corrected chi connectivity index (χ3v) is 5.12. The molecule has 0 radical (unpaired) electrons. The van der Waals surface area contributed by atoms with Crippen LogP contribution < -0.4 is 4.74 Å². The molecule has 144 valence electrons. The number of rotatable bonds is 5. The van der Waals surface area contributed by atoms with Crippen LogP contribution in [0.4, 0.5) is 4.39 Å². The normalized spacial score (nSPS) is 19.6. The van der Waals surface area contributed by atoms with Crippen LogP contribution in [0.15, 0.2) is 24.3 Å². The SMILES string of the molecule is CCOC(=O)c1c(-c2ccccc2F)nn2c1OC(CN1CCCC1)CC2. The van der Waals surface area contributed by atoms with Gasteiger partial charge in [0.25, 0.3) is 0 Å². The van der Waals surface area contributed by atoms with Crippen molar-refractivity contribution in [3.05, 3.63) is 35.6 Å². The van der Waals surface area contributed by atoms with Crippen molar-refractivity contribution in [1.29, 1.82) is 0 Å². The number of carbonyl (C=O) groups is 1. The highest BCUT2D eigenvalue weighted by atomic mass is 19.1. The van der Waals surface area contributed by atoms with Crippen LogP contribution in [0.5, 0.6) is 5.88 Å². The lowest BCUT2D eigenvalue weighted by molar-refractivity contribution is 0.0506. The molecule has 1 unspecified atom stereocenters. The Hall–Kier alpha value is -2.41. The molecule has 1 saturated heterocycles. The maximum absolute atomic E-state index is 14.4. The summed E-state index contributed by atoms with van der Waals surface area (Å²) in [4.78, 5) is 15.0. The van der Waals surface area contributed by atoms with E-state index in [9.17, 15) is 9.18 Å². The maximum Gasteiger partial charge on any atom is 0.345 e. The standard InChI is InChI=1S/C20H24FN3O3/c1-2-26-20(25)17-18(15-7-3-4-8-16(15)21)22-24-12-9-14(27-19(17)24)13-23-10-5-6-11-23/h3-4,7-8,14H,2,5-6,9-13H2,1H3. The van der Waals surface area contributed by atoms with E-state index in [2.05, 4.69) is 10.00 Å². The monoisotopic (exact) mass is 373 g/mol. The van der Waals surface area contributed by atoms with E-state index >= 15 is 0 Å². The average molecular weight is 373 g/mol. The number of fused-ring (bicyclic) bond motifs is 1. The summed E-state index contributed by atoms with van der Waals surface area (Å²) in [6.45, 7) is 5.62. The van der Waals surface area contributed by atoms with Crippen molar-refractivity contribution < 1.29 is 18.7 Å². The van der Waals surface area contributed by atoms with Gasteiger partial charge in [0.05, 0.1) is 6.61 Å². The number of aryl methyl sites for hydroxylation is 1. The molecule has 2 aliphatic heterocycles. The molecule has 4 rings (SSSR count). The predicted octanol–water partition coefficient (Wildman–Crippen LogP) is 3.11. The predicted molar refractivity (Wildman–Crippen MR) is 98.3 cm³/mol. The molecular formula is C20H24FN3O3. The zero-order chi connectivity index (χ0) is 18.8. The van der Waals surface area contributed by atoms with Crippen LogP contribution in [-0.2, 0) is 11.3 Å². The average Bonchev–Trinajstić information content (AvgIpc) is 3.29. The number of carbonyl (C=O) groups excluding carboxylic acids is 1. The molecule has 7 heteroatoms. The first kappa shape index (κ1) is 18.0. The van der Waals surface area contributed by atoms with Gasteiger partial charge in [-0.2, -0.15) is 5.10 Å². The molecule has 27 heavy (non-hydrogen) atoms. The van der Waals surface area contributed by atoms with E-state index in [-0.39, 0.29) is 29.5 Å². The number of ether oxygens (including phenoxy) is 2. The van der Waals surface area contributed by atoms with Crippen LogP contribution >= 0.6 is 0 Å². The Kier molecular flexibility index (Phi) is 5.11. The lowest BCUT2D eigenvalue weighted by Crippen LogP contribution is -2.37. The van der Waals surface area contributed by atoms with Crippen molar-refractivity contribution in [3.63, 3.8) is 0 Å². The number of esters is 1. The van der Waals surface area contributed by atoms with Gasteiger partial charge in [0.1, 0.15) is 23.2 Å². The van der Waals surface area contributed by atoms with E-state index in [0.29, 0.717) is 12.4 Å². The van der Waals surface area contributed by atoms with E-state index in [1.165, 1.54) is 18.9 Å². The maximum atomic E-state index is 14.4. The third kappa shape index (κ3) is 3.56. The second kappa shape index (κ2) is 7.68. The molecule has 0 spiro atoms. The number of aromatic nitrogens is 2. The summed E-state index contributed by atoms with van der Waals surface area (Å²) in [5, 5.41) is 4.49. The molecule has 1 aromatic carbocycles. The van der Waals surface area contributed by atoms with E-state index in [0.717, 1.165) is 26.1 Å². The van der Waals surface area contributed by atoms with Gasteiger partial charge in [0.15, 0.2) is 0 Å². The van der Waals surface area contributed by atoms with E-state index in [1.54, 1.807) is 29.8 Å². The molecule has 1 atom stereocenters. The number of halogens is 1. The van der Waals surface area contributed by atoms with Gasteiger partial charge in [-0.25, -0.2) is 13.9 Å². The van der Waals surface area contributed by atoms with Crippen molar-refractivity contribution in [1.82, 2.24) is 14.7 Å². The molecule has 3 heterocycles. The molecule has 1 aromatic heterocycles. The summed E-state index contributed by atoms with van der Waals surface area (Å²) in [5.41, 5.74) is 0.776. The smallest absolute Gasteiger partial charge is 0.345 e. The number of nitrogens with zero attached hydrogens (tertiary/aromatic N) is 3. The molecule has 0 N–H and O–H groups in total. The van der Waals surface area contributed by atoms with Crippen molar-refractivity contribution >= 4 is 5.97 Å². The lowest BCUT2D eigenvalue weighted by atomic mass is 10.1. The summed E-state index contributed by atoms with van der Waals surface area (Å²) >= 11 is 0. The zero-order valence-electron chi connectivity index (χ0n) is 15.5. The van der Waals surface area contributed by atoms with E-state index < -0.39 is 11.8 Å². The van der Waals surface area contributed by atoms with Gasteiger partial charge in [0.2, 0.25) is 5.88 Å². The Labute approximate surface area is 157 Å². The van der Waals surface area contributed by atoms with Crippen molar-refractivity contribution in [2.75, 3.05) is 26.2 Å². The van der Waals surface area contributed by atoms with Gasteiger partial charge in [-0.3, -0.25) is 4.90 Å². The largest absolute Gasteiger partial charge is 0.472 e. The minimum absolute atomic E-state index is 0.00560. The minimum Gasteiger partial charge on any atom is -0.472 e. The van der Waals surface area contributed by atoms with Gasteiger partial charge in [-0.15, -0.1) is 0 Å². The Balaban J connectivity index is 1.69. The molecule has 6 nitrogen and oxygen atoms in total. The Morgan fingerprint density at radius 3 is 2.81 bits per heavy atom. The first-order chi connectivity index (χ1) is 13.2. The van der Waals surface area contributed by atoms with Crippen molar-refractivity contribution in [3.8, 4) is 17.1 Å². The summed E-state index contributed by atoms with van der Waals surface area (Å²) < 4.78 is 27.4. The van der Waals surface area contributed by atoms with Gasteiger partial charge in [0, 0.05) is 25.1 Å². The number of benzene rings is 1. The molecule has 2 aromatic rings. The van der Waals surface area contributed by atoms with Crippen LogP contribution in [0.1, 0.15) is 36.5 Å². The summed E-state index contributed by atoms with van der Waals surface area (Å²) in [6, 6.07) is 6.32. The zero-order valence-corrected chi connectivity index (χ0v) is 15.5. The van der Waals surface area contributed by atoms with Crippen LogP contribution in [0.2, 0.25) is 0 Å². The van der Waals surface area contributed by atoms with E-state index in [1.807, 2.05) is 0 Å². The molecular weight excluding hydrogens is 349 g/mol. The first-order valence-electron chi connectivity index (χ1n) is 9.59. The molecule has 1 fully saturated rings. The topological polar surface area (TPSA) is 56.6 Å². The fourth-order valence-corrected chi connectivity index (χ4v) is 3.81. The summed E-state index contributed by atoms with van der Waals surface area (Å²) in [5.74, 6) is -0.562. The molecule has 0 aliphatic carbocycles. The lowest BCUT2D eigenvalue weighted by Gasteiger charge is -2.28. The third-order valence-electron chi connectivity index (χ3n) is 5.12. The highest BCUT2D eigenvalue weighted by Crippen LogP contribution is 2.35. The van der Waals surface area contributed by atoms with Crippen LogP contribution in [0, 0.1) is 5.82 Å². The van der Waals surface area contributed by atoms with Gasteiger partial charge < -0.3 is 9.47 Å². The highest BCUT2D eigenvalue weighted by molar-refractivity contribution is 5.99. The Bertz CT molecular complexity index is 830. The molecule has 0 bridgehead atoms. The fourth-order valence-electron chi connectivity index (χ4n) is 3.81. The highest BCUT2D eigenvalue weighted by Gasteiger charge is 2.33. The van der Waals surface area contributed by atoms with Crippen molar-refractivity contribution in [2.24, 2.45) is 0 Å². The Morgan fingerprint density at radius 2 is 2.07 bits per heavy atom. The molecule has 0 saturated carbocycles.